The number of fused-ring (bicyclic) bond motifs is 1. The predicted octanol–water partition coefficient (Wildman–Crippen LogP) is 4.35. The van der Waals surface area contributed by atoms with Gasteiger partial charge >= 0.3 is 0 Å². The van der Waals surface area contributed by atoms with Crippen LogP contribution in [0.2, 0.25) is 0 Å². The Morgan fingerprint density at radius 1 is 1.19 bits per heavy atom. The molecule has 21 heavy (non-hydrogen) atoms. The van der Waals surface area contributed by atoms with Gasteiger partial charge in [0.25, 0.3) is 0 Å². The first-order valence-corrected chi connectivity index (χ1v) is 7.83. The molecular formula is C19H23NO. The van der Waals surface area contributed by atoms with Gasteiger partial charge in [-0.3, -0.25) is 0 Å². The van der Waals surface area contributed by atoms with Crippen LogP contribution in [0.5, 0.6) is 5.75 Å². The summed E-state index contributed by atoms with van der Waals surface area (Å²) in [6, 6.07) is 15.6. The fraction of sp³-hybridized carbons (Fsp3) is 0.368. The number of nitrogens with one attached hydrogen (secondary N) is 1. The monoisotopic (exact) mass is 281 g/mol. The molecular weight excluding hydrogens is 258 g/mol. The Bertz CT molecular complexity index is 621. The lowest BCUT2D eigenvalue weighted by molar-refractivity contribution is 0.415. The van der Waals surface area contributed by atoms with E-state index < -0.39 is 0 Å². The molecule has 1 N–H and O–H groups in total. The summed E-state index contributed by atoms with van der Waals surface area (Å²) >= 11 is 0. The number of hydrogen-bond donors (Lipinski definition) is 1. The molecule has 0 amide bonds. The summed E-state index contributed by atoms with van der Waals surface area (Å²) < 4.78 is 5.36. The van der Waals surface area contributed by atoms with E-state index in [1.54, 1.807) is 7.11 Å². The average Bonchev–Trinajstić information content (AvgIpc) is 2.96. The van der Waals surface area contributed by atoms with Crippen molar-refractivity contribution in [3.63, 3.8) is 0 Å². The van der Waals surface area contributed by atoms with Crippen molar-refractivity contribution in [1.29, 1.82) is 0 Å². The first kappa shape index (κ1) is 14.2. The van der Waals surface area contributed by atoms with Crippen LogP contribution < -0.4 is 10.1 Å². The summed E-state index contributed by atoms with van der Waals surface area (Å²) in [5, 5.41) is 3.66. The minimum atomic E-state index is 0.519. The van der Waals surface area contributed by atoms with Crippen LogP contribution in [0.3, 0.4) is 0 Å². The SMILES string of the molecule is CCCNC1CCc2c(-c3cccc(OC)c3)cccc21. The maximum atomic E-state index is 5.36. The molecule has 0 saturated heterocycles. The van der Waals surface area contributed by atoms with Crippen LogP contribution in [-0.2, 0) is 6.42 Å². The number of hydrogen-bond acceptors (Lipinski definition) is 2. The molecule has 1 aliphatic rings. The van der Waals surface area contributed by atoms with Crippen LogP contribution >= 0.6 is 0 Å². The molecule has 0 aliphatic heterocycles. The van der Waals surface area contributed by atoms with Crippen LogP contribution in [0.25, 0.3) is 11.1 Å². The van der Waals surface area contributed by atoms with Gasteiger partial charge in [-0.05, 0) is 60.2 Å². The molecule has 0 fully saturated rings. The second kappa shape index (κ2) is 6.31. The first-order valence-electron chi connectivity index (χ1n) is 7.83. The van der Waals surface area contributed by atoms with Gasteiger partial charge in [-0.1, -0.05) is 37.3 Å². The molecule has 110 valence electrons. The lowest BCUT2D eigenvalue weighted by Crippen LogP contribution is -2.19. The molecule has 1 unspecified atom stereocenters. The van der Waals surface area contributed by atoms with Crippen molar-refractivity contribution in [2.75, 3.05) is 13.7 Å². The third-order valence-corrected chi connectivity index (χ3v) is 4.29. The number of rotatable bonds is 5. The highest BCUT2D eigenvalue weighted by Gasteiger charge is 2.24. The fourth-order valence-corrected chi connectivity index (χ4v) is 3.25. The number of methoxy groups -OCH3 is 1. The van der Waals surface area contributed by atoms with E-state index in [4.69, 9.17) is 4.74 Å². The molecule has 2 heteroatoms. The fourth-order valence-electron chi connectivity index (χ4n) is 3.25. The van der Waals surface area contributed by atoms with E-state index in [0.717, 1.165) is 18.7 Å². The molecule has 1 atom stereocenters. The quantitative estimate of drug-likeness (QED) is 0.879. The van der Waals surface area contributed by atoms with Crippen LogP contribution in [0.15, 0.2) is 42.5 Å². The lowest BCUT2D eigenvalue weighted by Gasteiger charge is -2.15. The molecule has 1 aliphatic carbocycles. The van der Waals surface area contributed by atoms with Gasteiger partial charge < -0.3 is 10.1 Å². The minimum absolute atomic E-state index is 0.519. The lowest BCUT2D eigenvalue weighted by atomic mass is 9.96. The molecule has 0 spiro atoms. The van der Waals surface area contributed by atoms with Crippen molar-refractivity contribution < 1.29 is 4.74 Å². The van der Waals surface area contributed by atoms with Crippen LogP contribution in [0, 0.1) is 0 Å². The molecule has 2 nitrogen and oxygen atoms in total. The smallest absolute Gasteiger partial charge is 0.119 e. The maximum Gasteiger partial charge on any atom is 0.119 e. The summed E-state index contributed by atoms with van der Waals surface area (Å²) in [5.74, 6) is 0.920. The van der Waals surface area contributed by atoms with Crippen molar-refractivity contribution in [1.82, 2.24) is 5.32 Å². The van der Waals surface area contributed by atoms with Gasteiger partial charge in [-0.15, -0.1) is 0 Å². The van der Waals surface area contributed by atoms with E-state index >= 15 is 0 Å². The zero-order chi connectivity index (χ0) is 14.7. The Kier molecular flexibility index (Phi) is 4.26. The van der Waals surface area contributed by atoms with E-state index in [1.807, 2.05) is 6.07 Å². The first-order chi connectivity index (χ1) is 10.3. The molecule has 2 aromatic carbocycles. The molecule has 0 heterocycles. The van der Waals surface area contributed by atoms with Crippen LogP contribution in [-0.4, -0.2) is 13.7 Å². The molecule has 2 aromatic rings. The van der Waals surface area contributed by atoms with Crippen molar-refractivity contribution >= 4 is 0 Å². The predicted molar refractivity (Wildman–Crippen MR) is 87.8 cm³/mol. The van der Waals surface area contributed by atoms with Crippen molar-refractivity contribution in [2.45, 2.75) is 32.2 Å². The highest BCUT2D eigenvalue weighted by molar-refractivity contribution is 5.71. The Hall–Kier alpha value is -1.80. The van der Waals surface area contributed by atoms with Crippen molar-refractivity contribution in [3.05, 3.63) is 53.6 Å². The second-order valence-corrected chi connectivity index (χ2v) is 5.65. The van der Waals surface area contributed by atoms with Gasteiger partial charge in [0.15, 0.2) is 0 Å². The Labute approximate surface area is 127 Å². The number of benzene rings is 2. The average molecular weight is 281 g/mol. The summed E-state index contributed by atoms with van der Waals surface area (Å²) in [7, 11) is 1.72. The van der Waals surface area contributed by atoms with Crippen molar-refractivity contribution in [3.8, 4) is 16.9 Å². The van der Waals surface area contributed by atoms with Gasteiger partial charge in [0.05, 0.1) is 7.11 Å². The normalized spacial score (nSPS) is 16.8. The maximum absolute atomic E-state index is 5.36. The van der Waals surface area contributed by atoms with E-state index in [1.165, 1.54) is 35.1 Å². The van der Waals surface area contributed by atoms with Gasteiger partial charge in [0, 0.05) is 6.04 Å². The molecule has 0 aromatic heterocycles. The van der Waals surface area contributed by atoms with E-state index in [9.17, 15) is 0 Å². The van der Waals surface area contributed by atoms with Gasteiger partial charge in [-0.2, -0.15) is 0 Å². The molecule has 3 rings (SSSR count). The van der Waals surface area contributed by atoms with Gasteiger partial charge in [-0.25, -0.2) is 0 Å². The summed E-state index contributed by atoms with van der Waals surface area (Å²) in [5.41, 5.74) is 5.58. The largest absolute Gasteiger partial charge is 0.497 e. The molecule has 0 radical (unpaired) electrons. The summed E-state index contributed by atoms with van der Waals surface area (Å²) in [6.45, 7) is 3.31. The minimum Gasteiger partial charge on any atom is -0.497 e. The van der Waals surface area contributed by atoms with Crippen molar-refractivity contribution in [2.24, 2.45) is 0 Å². The van der Waals surface area contributed by atoms with E-state index in [0.29, 0.717) is 6.04 Å². The number of ether oxygens (including phenoxy) is 1. The highest BCUT2D eigenvalue weighted by Crippen LogP contribution is 2.38. The molecule has 0 bridgehead atoms. The topological polar surface area (TPSA) is 21.3 Å². The summed E-state index contributed by atoms with van der Waals surface area (Å²) in [4.78, 5) is 0. The Morgan fingerprint density at radius 3 is 2.86 bits per heavy atom. The highest BCUT2D eigenvalue weighted by atomic mass is 16.5. The van der Waals surface area contributed by atoms with Gasteiger partial charge in [0.1, 0.15) is 5.75 Å². The molecule has 0 saturated carbocycles. The standard InChI is InChI=1S/C19H23NO/c1-3-12-20-19-11-10-17-16(8-5-9-18(17)19)14-6-4-7-15(13-14)21-2/h4-9,13,19-20H,3,10-12H2,1-2H3. The Morgan fingerprint density at radius 2 is 2.05 bits per heavy atom. The Balaban J connectivity index is 1.96. The van der Waals surface area contributed by atoms with Gasteiger partial charge in [0.2, 0.25) is 0 Å². The second-order valence-electron chi connectivity index (χ2n) is 5.65. The zero-order valence-corrected chi connectivity index (χ0v) is 12.9. The summed E-state index contributed by atoms with van der Waals surface area (Å²) in [6.07, 6.45) is 3.54. The van der Waals surface area contributed by atoms with E-state index in [-0.39, 0.29) is 0 Å². The third-order valence-electron chi connectivity index (χ3n) is 4.29. The van der Waals surface area contributed by atoms with Crippen LogP contribution in [0.1, 0.15) is 36.9 Å². The third kappa shape index (κ3) is 2.81. The zero-order valence-electron chi connectivity index (χ0n) is 12.9. The van der Waals surface area contributed by atoms with Crippen LogP contribution in [0.4, 0.5) is 0 Å². The van der Waals surface area contributed by atoms with E-state index in [2.05, 4.69) is 48.6 Å².